The van der Waals surface area contributed by atoms with Crippen LogP contribution >= 0.6 is 11.3 Å². The number of carbonyl (C=O) groups is 1. The van der Waals surface area contributed by atoms with Gasteiger partial charge in [-0.1, -0.05) is 0 Å². The van der Waals surface area contributed by atoms with E-state index in [9.17, 15) is 4.79 Å². The van der Waals surface area contributed by atoms with Gasteiger partial charge in [0.05, 0.1) is 12.3 Å². The van der Waals surface area contributed by atoms with Crippen LogP contribution in [0.4, 0.5) is 0 Å². The zero-order valence-electron chi connectivity index (χ0n) is 10.9. The summed E-state index contributed by atoms with van der Waals surface area (Å²) in [4.78, 5) is 20.1. The van der Waals surface area contributed by atoms with Gasteiger partial charge in [0.2, 0.25) is 0 Å². The Labute approximate surface area is 114 Å². The van der Waals surface area contributed by atoms with Gasteiger partial charge in [-0.3, -0.25) is 4.98 Å². The van der Waals surface area contributed by atoms with E-state index in [4.69, 9.17) is 9.84 Å². The highest BCUT2D eigenvalue weighted by molar-refractivity contribution is 7.17. The van der Waals surface area contributed by atoms with Crippen molar-refractivity contribution in [1.29, 1.82) is 0 Å². The smallest absolute Gasteiger partial charge is 0.347 e. The Morgan fingerprint density at radius 3 is 2.47 bits per heavy atom. The first-order chi connectivity index (χ1) is 9.01. The summed E-state index contributed by atoms with van der Waals surface area (Å²) in [6, 6.07) is 3.79. The van der Waals surface area contributed by atoms with Gasteiger partial charge < -0.3 is 9.84 Å². The summed E-state index contributed by atoms with van der Waals surface area (Å²) in [6.45, 7) is 4.00. The summed E-state index contributed by atoms with van der Waals surface area (Å²) in [6.07, 6.45) is 0. The fourth-order valence-electron chi connectivity index (χ4n) is 1.83. The number of carboxylic acids is 1. The van der Waals surface area contributed by atoms with E-state index < -0.39 is 5.97 Å². The largest absolute Gasteiger partial charge is 0.477 e. The lowest BCUT2D eigenvalue weighted by molar-refractivity contribution is 0.0697. The van der Waals surface area contributed by atoms with Crippen molar-refractivity contribution in [3.8, 4) is 10.6 Å². The Kier molecular flexibility index (Phi) is 3.92. The Morgan fingerprint density at radius 2 is 1.95 bits per heavy atom. The molecule has 0 saturated carbocycles. The van der Waals surface area contributed by atoms with E-state index in [1.54, 1.807) is 0 Å². The molecule has 0 atom stereocenters. The van der Waals surface area contributed by atoms with E-state index >= 15 is 0 Å². The summed E-state index contributed by atoms with van der Waals surface area (Å²) in [5, 5.41) is 9.84. The van der Waals surface area contributed by atoms with Gasteiger partial charge in [-0.25, -0.2) is 9.78 Å². The van der Waals surface area contributed by atoms with E-state index in [1.807, 2.05) is 26.0 Å². The Bertz CT molecular complexity index is 602. The summed E-state index contributed by atoms with van der Waals surface area (Å²) < 4.78 is 4.98. The number of aryl methyl sites for hydroxylation is 2. The third kappa shape index (κ3) is 2.97. The van der Waals surface area contributed by atoms with Crippen LogP contribution < -0.4 is 0 Å². The third-order valence-corrected chi connectivity index (χ3v) is 3.64. The molecule has 0 aliphatic heterocycles. The number of pyridine rings is 1. The molecule has 5 nitrogen and oxygen atoms in total. The highest BCUT2D eigenvalue weighted by Gasteiger charge is 2.18. The Hall–Kier alpha value is -1.79. The molecule has 0 fully saturated rings. The number of aromatic carboxylic acids is 1. The van der Waals surface area contributed by atoms with Gasteiger partial charge in [0.1, 0.15) is 9.88 Å². The van der Waals surface area contributed by atoms with Crippen LogP contribution in [0.15, 0.2) is 12.1 Å². The molecular formula is C13H14N2O3S. The quantitative estimate of drug-likeness (QED) is 0.930. The van der Waals surface area contributed by atoms with Gasteiger partial charge in [-0.2, -0.15) is 0 Å². The van der Waals surface area contributed by atoms with Crippen molar-refractivity contribution in [2.24, 2.45) is 0 Å². The lowest BCUT2D eigenvalue weighted by atomic mass is 10.2. The fraction of sp³-hybridized carbons (Fsp3) is 0.308. The second-order valence-electron chi connectivity index (χ2n) is 4.17. The van der Waals surface area contributed by atoms with E-state index in [1.165, 1.54) is 7.11 Å². The molecule has 0 radical (unpaired) electrons. The first kappa shape index (κ1) is 13.6. The van der Waals surface area contributed by atoms with Crippen LogP contribution in [0, 0.1) is 13.8 Å². The van der Waals surface area contributed by atoms with Crippen LogP contribution in [0.5, 0.6) is 0 Å². The maximum atomic E-state index is 11.2. The highest BCUT2D eigenvalue weighted by atomic mass is 32.1. The van der Waals surface area contributed by atoms with Gasteiger partial charge in [-0.05, 0) is 26.0 Å². The van der Waals surface area contributed by atoms with Gasteiger partial charge in [-0.15, -0.1) is 11.3 Å². The van der Waals surface area contributed by atoms with Crippen molar-refractivity contribution in [1.82, 2.24) is 9.97 Å². The zero-order chi connectivity index (χ0) is 14.0. The van der Waals surface area contributed by atoms with Crippen LogP contribution in [0.25, 0.3) is 10.6 Å². The number of aromatic nitrogens is 2. The monoisotopic (exact) mass is 278 g/mol. The van der Waals surface area contributed by atoms with Crippen molar-refractivity contribution in [2.45, 2.75) is 20.5 Å². The molecule has 2 aromatic heterocycles. The van der Waals surface area contributed by atoms with Crippen LogP contribution in [0.3, 0.4) is 0 Å². The minimum atomic E-state index is -0.974. The minimum absolute atomic E-state index is 0.196. The molecule has 0 saturated heterocycles. The van der Waals surface area contributed by atoms with Crippen molar-refractivity contribution in [3.05, 3.63) is 34.1 Å². The van der Waals surface area contributed by atoms with Gasteiger partial charge >= 0.3 is 5.97 Å². The summed E-state index contributed by atoms with van der Waals surface area (Å²) in [5.41, 5.74) is 3.12. The molecule has 0 aliphatic carbocycles. The van der Waals surface area contributed by atoms with Crippen LogP contribution in [0.1, 0.15) is 26.8 Å². The van der Waals surface area contributed by atoms with E-state index in [2.05, 4.69) is 9.97 Å². The molecule has 0 aliphatic rings. The number of hydrogen-bond acceptors (Lipinski definition) is 5. The van der Waals surface area contributed by atoms with Crippen molar-refractivity contribution in [3.63, 3.8) is 0 Å². The van der Waals surface area contributed by atoms with Crippen LogP contribution in [0.2, 0.25) is 0 Å². The molecule has 1 N–H and O–H groups in total. The topological polar surface area (TPSA) is 72.3 Å². The molecule has 0 spiro atoms. The molecule has 19 heavy (non-hydrogen) atoms. The molecule has 2 heterocycles. The average Bonchev–Trinajstić information content (AvgIpc) is 2.72. The predicted octanol–water partition coefficient (Wildman–Crippen LogP) is 2.67. The van der Waals surface area contributed by atoms with Gasteiger partial charge in [0.15, 0.2) is 0 Å². The first-order valence-electron chi connectivity index (χ1n) is 5.69. The average molecular weight is 278 g/mol. The van der Waals surface area contributed by atoms with Gasteiger partial charge in [0.25, 0.3) is 0 Å². The second kappa shape index (κ2) is 5.46. The lowest BCUT2D eigenvalue weighted by Gasteiger charge is -2.00. The van der Waals surface area contributed by atoms with Crippen LogP contribution in [-0.4, -0.2) is 28.2 Å². The highest BCUT2D eigenvalue weighted by Crippen LogP contribution is 2.29. The molecule has 6 heteroatoms. The number of nitrogens with zero attached hydrogens (tertiary/aromatic N) is 2. The number of carboxylic acid groups (broad SMARTS) is 1. The fourth-order valence-corrected chi connectivity index (χ4v) is 2.73. The minimum Gasteiger partial charge on any atom is -0.477 e. The SMILES string of the molecule is COCc1nc(-c2cc(C)nc(C)c2)sc1C(=O)O. The van der Waals surface area contributed by atoms with Crippen molar-refractivity contribution in [2.75, 3.05) is 7.11 Å². The molecule has 100 valence electrons. The zero-order valence-corrected chi connectivity index (χ0v) is 11.7. The number of rotatable bonds is 4. The summed E-state index contributed by atoms with van der Waals surface area (Å²) in [5.74, 6) is -0.974. The van der Waals surface area contributed by atoms with E-state index in [0.29, 0.717) is 10.7 Å². The van der Waals surface area contributed by atoms with Crippen molar-refractivity contribution >= 4 is 17.3 Å². The van der Waals surface area contributed by atoms with Crippen LogP contribution in [-0.2, 0) is 11.3 Å². The normalized spacial score (nSPS) is 10.7. The molecule has 0 unspecified atom stereocenters. The lowest BCUT2D eigenvalue weighted by Crippen LogP contribution is -1.99. The second-order valence-corrected chi connectivity index (χ2v) is 5.17. The number of ether oxygens (including phenoxy) is 1. The van der Waals surface area contributed by atoms with Crippen molar-refractivity contribution < 1.29 is 14.6 Å². The maximum absolute atomic E-state index is 11.2. The number of methoxy groups -OCH3 is 1. The van der Waals surface area contributed by atoms with E-state index in [0.717, 1.165) is 28.3 Å². The van der Waals surface area contributed by atoms with Gasteiger partial charge in [0, 0.05) is 24.1 Å². The maximum Gasteiger partial charge on any atom is 0.347 e. The number of thiazole rings is 1. The third-order valence-electron chi connectivity index (χ3n) is 2.50. The summed E-state index contributed by atoms with van der Waals surface area (Å²) in [7, 11) is 1.52. The molecule has 0 bridgehead atoms. The van der Waals surface area contributed by atoms with E-state index in [-0.39, 0.29) is 11.5 Å². The Morgan fingerprint density at radius 1 is 1.32 bits per heavy atom. The molecular weight excluding hydrogens is 264 g/mol. The summed E-state index contributed by atoms with van der Waals surface area (Å²) >= 11 is 1.16. The molecule has 0 aromatic carbocycles. The molecule has 2 rings (SSSR count). The standard InChI is InChI=1S/C13H14N2O3S/c1-7-4-9(5-8(2)14-7)12-15-10(6-18-3)11(19-12)13(16)17/h4-5H,6H2,1-3H3,(H,16,17). The first-order valence-corrected chi connectivity index (χ1v) is 6.50. The molecule has 2 aromatic rings. The number of hydrogen-bond donors (Lipinski definition) is 1. The molecule has 0 amide bonds. The Balaban J connectivity index is 2.50. The predicted molar refractivity (Wildman–Crippen MR) is 72.5 cm³/mol.